The van der Waals surface area contributed by atoms with Gasteiger partial charge in [-0.3, -0.25) is 14.4 Å². The summed E-state index contributed by atoms with van der Waals surface area (Å²) in [5.41, 5.74) is 1.99. The Bertz CT molecular complexity index is 1050. The maximum Gasteiger partial charge on any atom is 0.255 e. The highest BCUT2D eigenvalue weighted by molar-refractivity contribution is 6.05. The monoisotopic (exact) mass is 421 g/mol. The Balaban J connectivity index is 1.58. The van der Waals surface area contributed by atoms with Gasteiger partial charge in [0.05, 0.1) is 6.33 Å². The van der Waals surface area contributed by atoms with Crippen molar-refractivity contribution in [2.45, 2.75) is 13.0 Å². The first-order valence-corrected chi connectivity index (χ1v) is 9.59. The number of anilines is 3. The zero-order valence-electron chi connectivity index (χ0n) is 17.0. The lowest BCUT2D eigenvalue weighted by atomic mass is 10.1. The fraction of sp³-hybridized carbons (Fsp3) is 0.182. The first-order chi connectivity index (χ1) is 15.0. The number of carbonyl (C=O) groups excluding carboxylic acids is 3. The average molecular weight is 421 g/mol. The molecule has 0 aliphatic carbocycles. The molecule has 0 aliphatic rings. The molecule has 3 amide bonds. The van der Waals surface area contributed by atoms with Crippen LogP contribution < -0.4 is 16.0 Å². The molecule has 2 aromatic carbocycles. The summed E-state index contributed by atoms with van der Waals surface area (Å²) in [6.07, 6.45) is 5.38. The summed E-state index contributed by atoms with van der Waals surface area (Å²) >= 11 is 0. The van der Waals surface area contributed by atoms with Gasteiger partial charge in [-0.05, 0) is 36.4 Å². The highest BCUT2D eigenvalue weighted by Crippen LogP contribution is 2.17. The standard InChI is InChI=1S/C22H23N5O4/c1-31-14-21(29)25-18-6-3-7-19(13-18)26-22(30)16-4-2-5-17(12-16)24-20(28)8-10-27-11-9-23-15-27/h2-7,9,11-13,15H,8,10,14H2,1H3,(H,24,28)(H,25,29)(H,26,30). The highest BCUT2D eigenvalue weighted by atomic mass is 16.5. The topological polar surface area (TPSA) is 114 Å². The molecule has 1 heterocycles. The van der Waals surface area contributed by atoms with Crippen LogP contribution in [0.3, 0.4) is 0 Å². The van der Waals surface area contributed by atoms with Crippen molar-refractivity contribution in [2.75, 3.05) is 29.7 Å². The molecule has 0 saturated carbocycles. The van der Waals surface area contributed by atoms with E-state index >= 15 is 0 Å². The van der Waals surface area contributed by atoms with Crippen LogP contribution in [0.4, 0.5) is 17.1 Å². The summed E-state index contributed by atoms with van der Waals surface area (Å²) in [6, 6.07) is 13.5. The van der Waals surface area contributed by atoms with Crippen molar-refractivity contribution < 1.29 is 19.1 Å². The van der Waals surface area contributed by atoms with Crippen LogP contribution in [-0.4, -0.2) is 41.0 Å². The van der Waals surface area contributed by atoms with Crippen LogP contribution in [0.2, 0.25) is 0 Å². The molecule has 0 saturated heterocycles. The Hall–Kier alpha value is -3.98. The summed E-state index contributed by atoms with van der Waals surface area (Å²) in [4.78, 5) is 40.4. The number of amides is 3. The van der Waals surface area contributed by atoms with Crippen molar-refractivity contribution in [3.8, 4) is 0 Å². The van der Waals surface area contributed by atoms with Gasteiger partial charge < -0.3 is 25.3 Å². The minimum absolute atomic E-state index is 0.0581. The molecule has 9 nitrogen and oxygen atoms in total. The van der Waals surface area contributed by atoms with Crippen LogP contribution in [0.15, 0.2) is 67.3 Å². The van der Waals surface area contributed by atoms with E-state index in [1.165, 1.54) is 7.11 Å². The van der Waals surface area contributed by atoms with Gasteiger partial charge in [0.2, 0.25) is 11.8 Å². The maximum atomic E-state index is 12.6. The van der Waals surface area contributed by atoms with Crippen molar-refractivity contribution in [3.63, 3.8) is 0 Å². The maximum absolute atomic E-state index is 12.6. The van der Waals surface area contributed by atoms with Gasteiger partial charge in [-0.15, -0.1) is 0 Å². The molecule has 160 valence electrons. The van der Waals surface area contributed by atoms with E-state index in [4.69, 9.17) is 4.74 Å². The van der Waals surface area contributed by atoms with E-state index < -0.39 is 0 Å². The summed E-state index contributed by atoms with van der Waals surface area (Å²) in [7, 11) is 1.44. The Morgan fingerprint density at radius 2 is 1.61 bits per heavy atom. The number of imidazole rings is 1. The van der Waals surface area contributed by atoms with Gasteiger partial charge in [0.1, 0.15) is 6.61 Å². The Morgan fingerprint density at radius 1 is 0.935 bits per heavy atom. The number of rotatable bonds is 9. The summed E-state index contributed by atoms with van der Waals surface area (Å²) < 4.78 is 6.60. The molecule has 0 unspecified atom stereocenters. The second kappa shape index (κ2) is 10.7. The van der Waals surface area contributed by atoms with Crippen molar-refractivity contribution in [1.29, 1.82) is 0 Å². The minimum Gasteiger partial charge on any atom is -0.375 e. The Labute approximate surface area is 179 Å². The molecular formula is C22H23N5O4. The molecular weight excluding hydrogens is 398 g/mol. The van der Waals surface area contributed by atoms with Gasteiger partial charge in [-0.1, -0.05) is 12.1 Å². The van der Waals surface area contributed by atoms with Crippen LogP contribution >= 0.6 is 0 Å². The first kappa shape index (κ1) is 21.7. The van der Waals surface area contributed by atoms with E-state index in [1.54, 1.807) is 67.3 Å². The second-order valence-electron chi connectivity index (χ2n) is 6.70. The van der Waals surface area contributed by atoms with E-state index in [9.17, 15) is 14.4 Å². The third kappa shape index (κ3) is 6.79. The highest BCUT2D eigenvalue weighted by Gasteiger charge is 2.10. The lowest BCUT2D eigenvalue weighted by molar-refractivity contribution is -0.119. The number of carbonyl (C=O) groups is 3. The van der Waals surface area contributed by atoms with Crippen molar-refractivity contribution >= 4 is 34.8 Å². The fourth-order valence-corrected chi connectivity index (χ4v) is 2.82. The number of aromatic nitrogens is 2. The fourth-order valence-electron chi connectivity index (χ4n) is 2.82. The summed E-state index contributed by atoms with van der Waals surface area (Å²) in [6.45, 7) is 0.459. The summed E-state index contributed by atoms with van der Waals surface area (Å²) in [5, 5.41) is 8.26. The Morgan fingerprint density at radius 3 is 2.32 bits per heavy atom. The second-order valence-corrected chi connectivity index (χ2v) is 6.70. The number of benzene rings is 2. The van der Waals surface area contributed by atoms with E-state index in [-0.39, 0.29) is 30.7 Å². The quantitative estimate of drug-likeness (QED) is 0.492. The number of ether oxygens (including phenoxy) is 1. The largest absolute Gasteiger partial charge is 0.375 e. The van der Waals surface area contributed by atoms with Crippen molar-refractivity contribution in [3.05, 3.63) is 72.8 Å². The molecule has 0 spiro atoms. The molecule has 3 N–H and O–H groups in total. The number of hydrogen-bond acceptors (Lipinski definition) is 5. The molecule has 0 aliphatic heterocycles. The number of nitrogens with one attached hydrogen (secondary N) is 3. The van der Waals surface area contributed by atoms with E-state index in [0.29, 0.717) is 29.2 Å². The molecule has 31 heavy (non-hydrogen) atoms. The van der Waals surface area contributed by atoms with Crippen LogP contribution in [0, 0.1) is 0 Å². The molecule has 1 aromatic heterocycles. The van der Waals surface area contributed by atoms with Gasteiger partial charge in [0.25, 0.3) is 5.91 Å². The SMILES string of the molecule is COCC(=O)Nc1cccc(NC(=O)c2cccc(NC(=O)CCn3ccnc3)c2)c1. The normalized spacial score (nSPS) is 10.4. The predicted molar refractivity (Wildman–Crippen MR) is 117 cm³/mol. The smallest absolute Gasteiger partial charge is 0.255 e. The van der Waals surface area contributed by atoms with Crippen LogP contribution in [0.1, 0.15) is 16.8 Å². The van der Waals surface area contributed by atoms with E-state index in [1.807, 2.05) is 4.57 Å². The zero-order valence-corrected chi connectivity index (χ0v) is 17.0. The van der Waals surface area contributed by atoms with E-state index in [0.717, 1.165) is 0 Å². The Kier molecular flexibility index (Phi) is 7.50. The molecule has 9 heteroatoms. The van der Waals surface area contributed by atoms with Crippen molar-refractivity contribution in [2.24, 2.45) is 0 Å². The number of aryl methyl sites for hydroxylation is 1. The first-order valence-electron chi connectivity index (χ1n) is 9.59. The number of hydrogen-bond donors (Lipinski definition) is 3. The van der Waals surface area contributed by atoms with Gasteiger partial charge in [-0.25, -0.2) is 4.98 Å². The third-order valence-electron chi connectivity index (χ3n) is 4.24. The molecule has 0 radical (unpaired) electrons. The van der Waals surface area contributed by atoms with Gasteiger partial charge in [0.15, 0.2) is 0 Å². The third-order valence-corrected chi connectivity index (χ3v) is 4.24. The van der Waals surface area contributed by atoms with Gasteiger partial charge >= 0.3 is 0 Å². The van der Waals surface area contributed by atoms with Gasteiger partial charge in [-0.2, -0.15) is 0 Å². The number of nitrogens with zero attached hydrogens (tertiary/aromatic N) is 2. The van der Waals surface area contributed by atoms with E-state index in [2.05, 4.69) is 20.9 Å². The zero-order chi connectivity index (χ0) is 22.1. The molecule has 0 bridgehead atoms. The van der Waals surface area contributed by atoms with Crippen molar-refractivity contribution in [1.82, 2.24) is 9.55 Å². The van der Waals surface area contributed by atoms with Crippen LogP contribution in [0.25, 0.3) is 0 Å². The van der Waals surface area contributed by atoms with Gasteiger partial charge in [0, 0.05) is 55.1 Å². The minimum atomic E-state index is -0.338. The summed E-state index contributed by atoms with van der Waals surface area (Å²) in [5.74, 6) is -0.789. The molecule has 0 atom stereocenters. The lowest BCUT2D eigenvalue weighted by Crippen LogP contribution is -2.17. The molecule has 3 rings (SSSR count). The average Bonchev–Trinajstić information content (AvgIpc) is 3.26. The van der Waals surface area contributed by atoms with Crippen LogP contribution in [-0.2, 0) is 20.9 Å². The lowest BCUT2D eigenvalue weighted by Gasteiger charge is -2.10. The predicted octanol–water partition coefficient (Wildman–Crippen LogP) is 2.75. The van der Waals surface area contributed by atoms with Crippen LogP contribution in [0.5, 0.6) is 0 Å². The number of methoxy groups -OCH3 is 1. The molecule has 0 fully saturated rings. The molecule has 3 aromatic rings.